The summed E-state index contributed by atoms with van der Waals surface area (Å²) in [7, 11) is 1.59. The zero-order chi connectivity index (χ0) is 15.3. The monoisotopic (exact) mass is 293 g/mol. The van der Waals surface area contributed by atoms with Crippen LogP contribution in [0.2, 0.25) is 0 Å². The summed E-state index contributed by atoms with van der Waals surface area (Å²) in [5.41, 5.74) is -0.849. The molecule has 1 fully saturated rings. The van der Waals surface area contributed by atoms with Gasteiger partial charge < -0.3 is 14.2 Å². The first-order chi connectivity index (χ1) is 10.1. The molecule has 1 N–H and O–H groups in total. The van der Waals surface area contributed by atoms with E-state index in [0.29, 0.717) is 24.1 Å². The maximum absolute atomic E-state index is 12.2. The minimum atomic E-state index is -0.849. The number of methoxy groups -OCH3 is 1. The number of carbonyl (C=O) groups excluding carboxylic acids is 1. The fourth-order valence-corrected chi connectivity index (χ4v) is 2.09. The number of esters is 1. The highest BCUT2D eigenvalue weighted by atomic mass is 16.5. The average molecular weight is 293 g/mol. The number of para-hydroxylation sites is 2. The van der Waals surface area contributed by atoms with Gasteiger partial charge in [-0.3, -0.25) is 5.32 Å². The molecule has 1 unspecified atom stereocenters. The van der Waals surface area contributed by atoms with Crippen molar-refractivity contribution in [3.8, 4) is 11.5 Å². The van der Waals surface area contributed by atoms with Crippen molar-refractivity contribution < 1.29 is 19.0 Å². The minimum Gasteiger partial charge on any atom is -0.493 e. The lowest BCUT2D eigenvalue weighted by Gasteiger charge is -2.28. The van der Waals surface area contributed by atoms with E-state index in [1.165, 1.54) is 0 Å². The number of hydrogen-bond acceptors (Lipinski definition) is 5. The van der Waals surface area contributed by atoms with Crippen molar-refractivity contribution in [1.82, 2.24) is 5.32 Å². The van der Waals surface area contributed by atoms with Crippen LogP contribution < -0.4 is 14.8 Å². The lowest BCUT2D eigenvalue weighted by Crippen LogP contribution is -2.55. The van der Waals surface area contributed by atoms with Crippen molar-refractivity contribution in [1.29, 1.82) is 0 Å². The highest BCUT2D eigenvalue weighted by Gasteiger charge is 2.40. The van der Waals surface area contributed by atoms with Crippen LogP contribution in [0.4, 0.5) is 0 Å². The molecule has 1 atom stereocenters. The van der Waals surface area contributed by atoms with Gasteiger partial charge in [-0.15, -0.1) is 0 Å². The van der Waals surface area contributed by atoms with Gasteiger partial charge in [0.25, 0.3) is 0 Å². The van der Waals surface area contributed by atoms with Gasteiger partial charge in [0.05, 0.1) is 13.7 Å². The van der Waals surface area contributed by atoms with E-state index < -0.39 is 5.54 Å². The third kappa shape index (κ3) is 4.11. The lowest BCUT2D eigenvalue weighted by molar-refractivity contribution is -0.152. The van der Waals surface area contributed by atoms with Crippen LogP contribution in [-0.2, 0) is 9.53 Å². The molecule has 1 aliphatic rings. The summed E-state index contributed by atoms with van der Waals surface area (Å²) >= 11 is 0. The molecular formula is C16H23NO4. The third-order valence-corrected chi connectivity index (χ3v) is 3.41. The number of benzene rings is 1. The number of nitrogens with one attached hydrogen (secondary N) is 1. The summed E-state index contributed by atoms with van der Waals surface area (Å²) in [5.74, 6) is 0.982. The molecule has 0 saturated heterocycles. The molecule has 0 radical (unpaired) electrons. The van der Waals surface area contributed by atoms with Gasteiger partial charge in [0.2, 0.25) is 0 Å². The molecule has 1 aromatic carbocycles. The second-order valence-electron chi connectivity index (χ2n) is 5.41. The summed E-state index contributed by atoms with van der Waals surface area (Å²) in [6.45, 7) is 4.17. The summed E-state index contributed by atoms with van der Waals surface area (Å²) in [4.78, 5) is 12.2. The standard InChI is InChI=1S/C16H23NO4/c1-4-20-15(18)16(2,17-12-9-10-12)11-21-14-8-6-5-7-13(14)19-3/h5-8,12,17H,4,9-11H2,1-3H3. The molecule has 21 heavy (non-hydrogen) atoms. The van der Waals surface area contributed by atoms with Crippen LogP contribution >= 0.6 is 0 Å². The Morgan fingerprint density at radius 1 is 1.33 bits per heavy atom. The number of rotatable bonds is 8. The molecule has 0 spiro atoms. The van der Waals surface area contributed by atoms with Gasteiger partial charge in [0.1, 0.15) is 12.1 Å². The topological polar surface area (TPSA) is 56.8 Å². The summed E-state index contributed by atoms with van der Waals surface area (Å²) < 4.78 is 16.2. The summed E-state index contributed by atoms with van der Waals surface area (Å²) in [6.07, 6.45) is 2.17. The highest BCUT2D eigenvalue weighted by Crippen LogP contribution is 2.28. The fraction of sp³-hybridized carbons (Fsp3) is 0.562. The van der Waals surface area contributed by atoms with E-state index in [9.17, 15) is 4.79 Å². The van der Waals surface area contributed by atoms with Crippen molar-refractivity contribution >= 4 is 5.97 Å². The van der Waals surface area contributed by atoms with Crippen LogP contribution in [0.3, 0.4) is 0 Å². The number of ether oxygens (including phenoxy) is 3. The second-order valence-corrected chi connectivity index (χ2v) is 5.41. The lowest BCUT2D eigenvalue weighted by atomic mass is 10.0. The van der Waals surface area contributed by atoms with E-state index in [-0.39, 0.29) is 12.6 Å². The van der Waals surface area contributed by atoms with Crippen LogP contribution in [0, 0.1) is 0 Å². The largest absolute Gasteiger partial charge is 0.493 e. The zero-order valence-corrected chi connectivity index (χ0v) is 12.8. The Bertz CT molecular complexity index is 487. The Morgan fingerprint density at radius 2 is 2.00 bits per heavy atom. The van der Waals surface area contributed by atoms with Crippen molar-refractivity contribution in [2.75, 3.05) is 20.3 Å². The van der Waals surface area contributed by atoms with Crippen molar-refractivity contribution in [3.63, 3.8) is 0 Å². The van der Waals surface area contributed by atoms with Gasteiger partial charge in [-0.25, -0.2) is 4.79 Å². The average Bonchev–Trinajstić information content (AvgIpc) is 3.29. The van der Waals surface area contributed by atoms with Crippen molar-refractivity contribution in [2.45, 2.75) is 38.3 Å². The Labute approximate surface area is 125 Å². The van der Waals surface area contributed by atoms with E-state index >= 15 is 0 Å². The third-order valence-electron chi connectivity index (χ3n) is 3.41. The van der Waals surface area contributed by atoms with Gasteiger partial charge in [-0.05, 0) is 38.8 Å². The van der Waals surface area contributed by atoms with E-state index in [1.807, 2.05) is 31.2 Å². The highest BCUT2D eigenvalue weighted by molar-refractivity contribution is 5.80. The molecule has 0 bridgehead atoms. The predicted octanol–water partition coefficient (Wildman–Crippen LogP) is 2.15. The van der Waals surface area contributed by atoms with Crippen LogP contribution in [0.1, 0.15) is 26.7 Å². The molecule has 1 saturated carbocycles. The van der Waals surface area contributed by atoms with Crippen molar-refractivity contribution in [3.05, 3.63) is 24.3 Å². The first-order valence-electron chi connectivity index (χ1n) is 7.30. The van der Waals surface area contributed by atoms with Crippen LogP contribution in [0.25, 0.3) is 0 Å². The molecule has 2 rings (SSSR count). The maximum Gasteiger partial charge on any atom is 0.329 e. The van der Waals surface area contributed by atoms with Gasteiger partial charge in [-0.2, -0.15) is 0 Å². The molecule has 5 nitrogen and oxygen atoms in total. The Morgan fingerprint density at radius 3 is 2.57 bits per heavy atom. The van der Waals surface area contributed by atoms with Crippen LogP contribution in [0.15, 0.2) is 24.3 Å². The maximum atomic E-state index is 12.2. The van der Waals surface area contributed by atoms with Gasteiger partial charge in [0.15, 0.2) is 11.5 Å². The van der Waals surface area contributed by atoms with E-state index in [1.54, 1.807) is 14.0 Å². The molecule has 0 aliphatic heterocycles. The predicted molar refractivity (Wildman–Crippen MR) is 79.7 cm³/mol. The molecule has 0 heterocycles. The quantitative estimate of drug-likeness (QED) is 0.744. The number of hydrogen-bond donors (Lipinski definition) is 1. The first-order valence-corrected chi connectivity index (χ1v) is 7.30. The van der Waals surface area contributed by atoms with Crippen LogP contribution in [-0.4, -0.2) is 37.9 Å². The van der Waals surface area contributed by atoms with E-state index in [4.69, 9.17) is 14.2 Å². The molecule has 1 aliphatic carbocycles. The summed E-state index contributed by atoms with van der Waals surface area (Å²) in [5, 5.41) is 3.32. The van der Waals surface area contributed by atoms with E-state index in [0.717, 1.165) is 12.8 Å². The van der Waals surface area contributed by atoms with Crippen molar-refractivity contribution in [2.24, 2.45) is 0 Å². The van der Waals surface area contributed by atoms with Gasteiger partial charge >= 0.3 is 5.97 Å². The molecule has 116 valence electrons. The van der Waals surface area contributed by atoms with Crippen LogP contribution in [0.5, 0.6) is 11.5 Å². The van der Waals surface area contributed by atoms with Gasteiger partial charge in [-0.1, -0.05) is 12.1 Å². The normalized spacial score (nSPS) is 16.9. The number of carbonyl (C=O) groups is 1. The minimum absolute atomic E-state index is 0.197. The summed E-state index contributed by atoms with van der Waals surface area (Å²) in [6, 6.07) is 7.76. The second kappa shape index (κ2) is 6.80. The molecule has 5 heteroatoms. The Hall–Kier alpha value is -1.75. The fourth-order valence-electron chi connectivity index (χ4n) is 2.09. The van der Waals surface area contributed by atoms with Gasteiger partial charge in [0, 0.05) is 6.04 Å². The molecule has 1 aromatic rings. The molecule has 0 amide bonds. The first kappa shape index (κ1) is 15.6. The molecular weight excluding hydrogens is 270 g/mol. The smallest absolute Gasteiger partial charge is 0.329 e. The Balaban J connectivity index is 2.05. The van der Waals surface area contributed by atoms with E-state index in [2.05, 4.69) is 5.32 Å². The zero-order valence-electron chi connectivity index (χ0n) is 12.8. The SMILES string of the molecule is CCOC(=O)C(C)(COc1ccccc1OC)NC1CC1. The Kier molecular flexibility index (Phi) is 5.07. The molecule has 0 aromatic heterocycles.